The molecule has 0 heterocycles. The number of hydrogen-bond donors (Lipinski definition) is 2. The highest BCUT2D eigenvalue weighted by Gasteiger charge is 2.16. The fourth-order valence-corrected chi connectivity index (χ4v) is 1.97. The molecular formula is C12H18N2O3S. The van der Waals surface area contributed by atoms with Crippen LogP contribution in [-0.2, 0) is 22.6 Å². The van der Waals surface area contributed by atoms with Crippen LogP contribution in [0.25, 0.3) is 0 Å². The van der Waals surface area contributed by atoms with Crippen LogP contribution in [0.2, 0.25) is 0 Å². The Morgan fingerprint density at radius 2 is 2.00 bits per heavy atom. The molecule has 1 amide bonds. The van der Waals surface area contributed by atoms with Crippen molar-refractivity contribution >= 4 is 17.2 Å². The van der Waals surface area contributed by atoms with Gasteiger partial charge in [0, 0.05) is 12.6 Å². The van der Waals surface area contributed by atoms with E-state index in [1.807, 2.05) is 44.2 Å². The lowest BCUT2D eigenvalue weighted by molar-refractivity contribution is -0.121. The van der Waals surface area contributed by atoms with Crippen LogP contribution in [0.3, 0.4) is 0 Å². The molecule has 0 bridgehead atoms. The van der Waals surface area contributed by atoms with Gasteiger partial charge in [-0.3, -0.25) is 9.35 Å². The Balaban J connectivity index is 2.61. The second-order valence-corrected chi connectivity index (χ2v) is 5.21. The Labute approximate surface area is 110 Å². The molecule has 0 aliphatic carbocycles. The Hall–Kier alpha value is -1.24. The van der Waals surface area contributed by atoms with Crippen LogP contribution in [0.15, 0.2) is 30.3 Å². The van der Waals surface area contributed by atoms with Crippen LogP contribution in [-0.4, -0.2) is 31.6 Å². The maximum absolute atomic E-state index is 11.6. The lowest BCUT2D eigenvalue weighted by Crippen LogP contribution is -2.40. The van der Waals surface area contributed by atoms with Crippen molar-refractivity contribution < 1.29 is 13.6 Å². The average Bonchev–Trinajstić information content (AvgIpc) is 2.28. The lowest BCUT2D eigenvalue weighted by atomic mass is 10.2. The lowest BCUT2D eigenvalue weighted by Gasteiger charge is -2.18. The molecule has 6 heteroatoms. The first-order chi connectivity index (χ1) is 8.49. The highest BCUT2D eigenvalue weighted by atomic mass is 32.2. The van der Waals surface area contributed by atoms with E-state index in [0.717, 1.165) is 5.56 Å². The van der Waals surface area contributed by atoms with Crippen molar-refractivity contribution in [1.29, 1.82) is 0 Å². The van der Waals surface area contributed by atoms with Gasteiger partial charge in [0.1, 0.15) is 0 Å². The molecule has 0 radical (unpaired) electrons. The molecule has 0 fully saturated rings. The van der Waals surface area contributed by atoms with Crippen LogP contribution >= 0.6 is 0 Å². The Morgan fingerprint density at radius 3 is 2.50 bits per heavy atom. The highest BCUT2D eigenvalue weighted by Crippen LogP contribution is 2.05. The third kappa shape index (κ3) is 5.39. The normalized spacial score (nSPS) is 12.7. The number of carbonyl (C=O) groups is 1. The molecule has 1 aromatic rings. The number of hydrogen-bond acceptors (Lipinski definition) is 2. The van der Waals surface area contributed by atoms with Crippen LogP contribution in [0.5, 0.6) is 0 Å². The minimum absolute atomic E-state index is 0.0169. The number of nitrogens with zero attached hydrogens (tertiary/aromatic N) is 1. The molecule has 0 aromatic heterocycles. The van der Waals surface area contributed by atoms with E-state index in [2.05, 4.69) is 5.32 Å². The summed E-state index contributed by atoms with van der Waals surface area (Å²) in [6.45, 7) is 3.84. The molecule has 0 spiro atoms. The number of nitrogens with one attached hydrogen (secondary N) is 1. The van der Waals surface area contributed by atoms with E-state index in [0.29, 0.717) is 0 Å². The molecule has 5 nitrogen and oxygen atoms in total. The minimum atomic E-state index is -2.17. The summed E-state index contributed by atoms with van der Waals surface area (Å²) in [6.07, 6.45) is 0. The smallest absolute Gasteiger partial charge is 0.235 e. The van der Waals surface area contributed by atoms with Gasteiger partial charge in [-0.15, -0.1) is 0 Å². The van der Waals surface area contributed by atoms with E-state index in [9.17, 15) is 13.6 Å². The summed E-state index contributed by atoms with van der Waals surface area (Å²) in [7, 11) is 0. The van der Waals surface area contributed by atoms with E-state index in [-0.39, 0.29) is 25.0 Å². The first-order valence-corrected chi connectivity index (χ1v) is 6.74. The molecular weight excluding hydrogens is 252 g/mol. The van der Waals surface area contributed by atoms with E-state index in [1.54, 1.807) is 0 Å². The molecule has 18 heavy (non-hydrogen) atoms. The number of rotatable bonds is 6. The van der Waals surface area contributed by atoms with E-state index in [4.69, 9.17) is 0 Å². The van der Waals surface area contributed by atoms with Gasteiger partial charge in [-0.25, -0.2) is 4.21 Å². The molecule has 0 saturated carbocycles. The third-order valence-corrected chi connectivity index (χ3v) is 2.89. The Kier molecular flexibility index (Phi) is 5.97. The van der Waals surface area contributed by atoms with Gasteiger partial charge in [-0.05, 0) is 19.4 Å². The quantitative estimate of drug-likeness (QED) is 0.762. The van der Waals surface area contributed by atoms with Gasteiger partial charge in [0.15, 0.2) is 0 Å². The molecule has 1 aromatic carbocycles. The van der Waals surface area contributed by atoms with Crippen molar-refractivity contribution in [3.05, 3.63) is 35.9 Å². The predicted molar refractivity (Wildman–Crippen MR) is 70.9 cm³/mol. The summed E-state index contributed by atoms with van der Waals surface area (Å²) in [5.41, 5.74) is 0.886. The third-order valence-electron chi connectivity index (χ3n) is 2.19. The summed E-state index contributed by atoms with van der Waals surface area (Å²) in [5.74, 6) is -0.261. The molecule has 1 rings (SSSR count). The van der Waals surface area contributed by atoms with Gasteiger partial charge in [0.25, 0.3) is 0 Å². The number of benzene rings is 1. The van der Waals surface area contributed by atoms with Crippen molar-refractivity contribution in [2.24, 2.45) is 0 Å². The minimum Gasteiger partial charge on any atom is -0.353 e. The molecule has 1 atom stereocenters. The van der Waals surface area contributed by atoms with Crippen LogP contribution < -0.4 is 5.32 Å². The standard InChI is InChI=1S/C12H18N2O3S/c1-10(2)13-12(15)9-14(18(16)17)8-11-6-4-3-5-7-11/h3-7,10H,8-9H2,1-2H3,(H,13,15)(H,16,17). The zero-order valence-corrected chi connectivity index (χ0v) is 11.3. The van der Waals surface area contributed by atoms with Crippen LogP contribution in [0.4, 0.5) is 0 Å². The fourth-order valence-electron chi connectivity index (χ4n) is 1.48. The Morgan fingerprint density at radius 1 is 1.39 bits per heavy atom. The predicted octanol–water partition coefficient (Wildman–Crippen LogP) is 1.15. The molecule has 1 unspecified atom stereocenters. The van der Waals surface area contributed by atoms with Crippen molar-refractivity contribution in [2.75, 3.05) is 6.54 Å². The molecule has 0 aliphatic heterocycles. The highest BCUT2D eigenvalue weighted by molar-refractivity contribution is 7.76. The first-order valence-electron chi connectivity index (χ1n) is 5.68. The SMILES string of the molecule is CC(C)NC(=O)CN(Cc1ccccc1)S(=O)O. The maximum atomic E-state index is 11.6. The summed E-state index contributed by atoms with van der Waals surface area (Å²) >= 11 is -2.17. The Bertz CT molecular complexity index is 409. The zero-order chi connectivity index (χ0) is 13.5. The summed E-state index contributed by atoms with van der Waals surface area (Å²) in [4.78, 5) is 11.6. The number of amides is 1. The summed E-state index contributed by atoms with van der Waals surface area (Å²) < 4.78 is 21.6. The first kappa shape index (κ1) is 14.8. The van der Waals surface area contributed by atoms with Crippen molar-refractivity contribution in [2.45, 2.75) is 26.4 Å². The summed E-state index contributed by atoms with van der Waals surface area (Å²) in [6, 6.07) is 9.28. The number of carbonyl (C=O) groups excluding carboxylic acids is 1. The van der Waals surface area contributed by atoms with Gasteiger partial charge in [-0.2, -0.15) is 4.31 Å². The van der Waals surface area contributed by atoms with Crippen molar-refractivity contribution in [1.82, 2.24) is 9.62 Å². The second-order valence-electron chi connectivity index (χ2n) is 4.24. The van der Waals surface area contributed by atoms with E-state index >= 15 is 0 Å². The van der Waals surface area contributed by atoms with Gasteiger partial charge in [0.2, 0.25) is 17.2 Å². The molecule has 0 aliphatic rings. The maximum Gasteiger partial charge on any atom is 0.235 e. The van der Waals surface area contributed by atoms with Gasteiger partial charge in [0.05, 0.1) is 6.54 Å². The molecule has 2 N–H and O–H groups in total. The zero-order valence-electron chi connectivity index (χ0n) is 10.5. The van der Waals surface area contributed by atoms with Crippen LogP contribution in [0, 0.1) is 0 Å². The average molecular weight is 270 g/mol. The largest absolute Gasteiger partial charge is 0.353 e. The molecule has 0 saturated heterocycles. The topological polar surface area (TPSA) is 69.6 Å². The van der Waals surface area contributed by atoms with Crippen molar-refractivity contribution in [3.8, 4) is 0 Å². The second kappa shape index (κ2) is 7.25. The van der Waals surface area contributed by atoms with Gasteiger partial charge in [-0.1, -0.05) is 30.3 Å². The van der Waals surface area contributed by atoms with E-state index in [1.165, 1.54) is 4.31 Å². The fraction of sp³-hybridized carbons (Fsp3) is 0.417. The van der Waals surface area contributed by atoms with E-state index < -0.39 is 11.3 Å². The van der Waals surface area contributed by atoms with Crippen molar-refractivity contribution in [3.63, 3.8) is 0 Å². The molecule has 100 valence electrons. The van der Waals surface area contributed by atoms with Gasteiger partial charge >= 0.3 is 0 Å². The monoisotopic (exact) mass is 270 g/mol. The van der Waals surface area contributed by atoms with Crippen LogP contribution in [0.1, 0.15) is 19.4 Å². The summed E-state index contributed by atoms with van der Waals surface area (Å²) in [5, 5.41) is 2.69. The van der Waals surface area contributed by atoms with Gasteiger partial charge < -0.3 is 5.32 Å².